The van der Waals surface area contributed by atoms with Gasteiger partial charge in [-0.1, -0.05) is 6.07 Å². The molecule has 6 nitrogen and oxygen atoms in total. The fourth-order valence-corrected chi connectivity index (χ4v) is 2.95. The van der Waals surface area contributed by atoms with E-state index in [9.17, 15) is 14.8 Å². The van der Waals surface area contributed by atoms with Crippen molar-refractivity contribution in [1.29, 1.82) is 0 Å². The molecule has 1 aromatic carbocycles. The molecular weight excluding hydrogens is 326 g/mol. The zero-order valence-electron chi connectivity index (χ0n) is 13.5. The minimum atomic E-state index is -1.11. The molecule has 24 heavy (non-hydrogen) atoms. The van der Waals surface area contributed by atoms with Crippen molar-refractivity contribution >= 4 is 11.2 Å². The van der Waals surface area contributed by atoms with Gasteiger partial charge in [0.05, 0.1) is 17.5 Å². The highest BCUT2D eigenvalue weighted by Gasteiger charge is 2.19. The van der Waals surface area contributed by atoms with Crippen molar-refractivity contribution in [2.45, 2.75) is 18.7 Å². The van der Waals surface area contributed by atoms with Crippen LogP contribution in [0.5, 0.6) is 11.6 Å². The first kappa shape index (κ1) is 16.4. The van der Waals surface area contributed by atoms with Crippen LogP contribution in [0.25, 0.3) is 16.9 Å². The van der Waals surface area contributed by atoms with E-state index in [1.807, 2.05) is 0 Å². The molecule has 0 radical (unpaired) electrons. The third kappa shape index (κ3) is 2.83. The maximum Gasteiger partial charge on any atom is 0.223 e. The van der Waals surface area contributed by atoms with E-state index in [1.165, 1.54) is 10.9 Å². The number of benzene rings is 1. The van der Waals surface area contributed by atoms with Gasteiger partial charge in [-0.15, -0.1) is 0 Å². The van der Waals surface area contributed by atoms with E-state index in [1.54, 1.807) is 50.4 Å². The van der Waals surface area contributed by atoms with Gasteiger partial charge in [0, 0.05) is 0 Å². The van der Waals surface area contributed by atoms with E-state index in [2.05, 4.69) is 10.1 Å². The second-order valence-electron chi connectivity index (χ2n) is 5.50. The fourth-order valence-electron chi connectivity index (χ4n) is 2.49. The summed E-state index contributed by atoms with van der Waals surface area (Å²) in [5.74, 6) is 0.607. The Kier molecular flexibility index (Phi) is 4.21. The molecule has 1 atom stereocenters. The summed E-state index contributed by atoms with van der Waals surface area (Å²) in [7, 11) is 0. The second kappa shape index (κ2) is 6.18. The summed E-state index contributed by atoms with van der Waals surface area (Å²) in [6.45, 7) is 3.59. The normalized spacial score (nSPS) is 12.3. The number of nitrogens with zero attached hydrogens (tertiary/aromatic N) is 3. The van der Waals surface area contributed by atoms with Gasteiger partial charge in [0.2, 0.25) is 5.88 Å². The van der Waals surface area contributed by atoms with Crippen molar-refractivity contribution in [3.8, 4) is 28.6 Å². The Hall–Kier alpha value is -2.51. The molecule has 2 heterocycles. The van der Waals surface area contributed by atoms with Crippen LogP contribution in [-0.4, -0.2) is 35.8 Å². The molecule has 0 bridgehead atoms. The van der Waals surface area contributed by atoms with Gasteiger partial charge in [-0.3, -0.25) is 0 Å². The summed E-state index contributed by atoms with van der Waals surface area (Å²) in [5, 5.41) is 24.6. The van der Waals surface area contributed by atoms with Crippen molar-refractivity contribution in [3.63, 3.8) is 0 Å². The zero-order chi connectivity index (χ0) is 17.4. The number of hydrogen-bond acceptors (Lipinski definition) is 5. The summed E-state index contributed by atoms with van der Waals surface area (Å²) in [6, 6.07) is 8.46. The zero-order valence-corrected chi connectivity index (χ0v) is 14.3. The predicted octanol–water partition coefficient (Wildman–Crippen LogP) is 2.70. The van der Waals surface area contributed by atoms with Crippen LogP contribution >= 0.6 is 0 Å². The summed E-state index contributed by atoms with van der Waals surface area (Å²) in [4.78, 5) is 4.83. The summed E-state index contributed by atoms with van der Waals surface area (Å²) in [6.07, 6.45) is 3.09. The van der Waals surface area contributed by atoms with Crippen molar-refractivity contribution in [3.05, 3.63) is 47.8 Å². The number of aryl methyl sites for hydroxylation is 2. The summed E-state index contributed by atoms with van der Waals surface area (Å²) >= 11 is -1.11. The molecule has 0 saturated carbocycles. The monoisotopic (exact) mass is 343 g/mol. The quantitative estimate of drug-likeness (QED) is 0.713. The predicted molar refractivity (Wildman–Crippen MR) is 91.9 cm³/mol. The van der Waals surface area contributed by atoms with Crippen molar-refractivity contribution in [1.82, 2.24) is 14.8 Å². The minimum Gasteiger partial charge on any atom is -0.612 e. The van der Waals surface area contributed by atoms with Crippen LogP contribution in [0.2, 0.25) is 0 Å². The highest BCUT2D eigenvalue weighted by molar-refractivity contribution is 7.90. The maximum atomic E-state index is 11.4. The Balaban J connectivity index is 2.07. The molecule has 2 N–H and O–H groups in total. The van der Waals surface area contributed by atoms with E-state index in [0.29, 0.717) is 27.5 Å². The molecule has 0 fully saturated rings. The van der Waals surface area contributed by atoms with Crippen LogP contribution in [0, 0.1) is 13.8 Å². The van der Waals surface area contributed by atoms with Gasteiger partial charge >= 0.3 is 0 Å². The number of pyridine rings is 1. The Bertz CT molecular complexity index is 889. The van der Waals surface area contributed by atoms with E-state index in [-0.39, 0.29) is 11.6 Å². The first-order valence-corrected chi connectivity index (χ1v) is 8.82. The smallest absolute Gasteiger partial charge is 0.223 e. The molecule has 0 spiro atoms. The Morgan fingerprint density at radius 1 is 1.12 bits per heavy atom. The van der Waals surface area contributed by atoms with Crippen molar-refractivity contribution < 1.29 is 14.8 Å². The Morgan fingerprint density at radius 3 is 2.46 bits per heavy atom. The molecule has 124 valence electrons. The maximum absolute atomic E-state index is 11.4. The van der Waals surface area contributed by atoms with Gasteiger partial charge in [0.25, 0.3) is 0 Å². The van der Waals surface area contributed by atoms with Gasteiger partial charge in [0.1, 0.15) is 12.0 Å². The molecule has 0 aliphatic rings. The van der Waals surface area contributed by atoms with E-state index >= 15 is 0 Å². The van der Waals surface area contributed by atoms with Crippen LogP contribution in [0.15, 0.2) is 41.4 Å². The van der Waals surface area contributed by atoms with Gasteiger partial charge in [-0.05, 0) is 60.4 Å². The molecule has 1 unspecified atom stereocenters. The molecule has 0 saturated heterocycles. The van der Waals surface area contributed by atoms with Crippen LogP contribution in [0.3, 0.4) is 0 Å². The van der Waals surface area contributed by atoms with Crippen LogP contribution in [0.4, 0.5) is 0 Å². The van der Waals surface area contributed by atoms with Crippen LogP contribution in [0.1, 0.15) is 11.3 Å². The number of phenols is 1. The average Bonchev–Trinajstić information content (AvgIpc) is 2.85. The van der Waals surface area contributed by atoms with Crippen molar-refractivity contribution in [2.75, 3.05) is 6.26 Å². The van der Waals surface area contributed by atoms with Crippen LogP contribution in [-0.2, 0) is 11.2 Å². The second-order valence-corrected chi connectivity index (χ2v) is 6.88. The standard InChI is InChI=1S/C17H17N3O3S/c1-10-8-12(4-6-14(10)21)16-11(2)19-20(17(16)22)15-7-5-13(9-18-15)24(3)23/h4-9,21-22H,1-3H3. The molecule has 2 aromatic heterocycles. The van der Waals surface area contributed by atoms with Gasteiger partial charge in [0.15, 0.2) is 10.7 Å². The van der Waals surface area contributed by atoms with E-state index in [0.717, 1.165) is 5.56 Å². The fraction of sp³-hybridized carbons (Fsp3) is 0.176. The SMILES string of the molecule is Cc1cc(-c2c(C)nn(-c3ccc([S+](C)[O-])cn3)c2O)ccc1O. The number of rotatable bonds is 3. The van der Waals surface area contributed by atoms with Gasteiger partial charge in [-0.25, -0.2) is 4.98 Å². The largest absolute Gasteiger partial charge is 0.612 e. The lowest BCUT2D eigenvalue weighted by atomic mass is 10.0. The molecule has 3 aromatic rings. The molecule has 0 aliphatic carbocycles. The lowest BCUT2D eigenvalue weighted by Gasteiger charge is -2.06. The number of aromatic nitrogens is 3. The van der Waals surface area contributed by atoms with Crippen molar-refractivity contribution in [2.24, 2.45) is 0 Å². The van der Waals surface area contributed by atoms with Crippen LogP contribution < -0.4 is 0 Å². The van der Waals surface area contributed by atoms with Gasteiger partial charge < -0.3 is 14.8 Å². The Morgan fingerprint density at radius 2 is 1.88 bits per heavy atom. The molecule has 0 amide bonds. The lowest BCUT2D eigenvalue weighted by molar-refractivity contribution is 0.433. The van der Waals surface area contributed by atoms with Gasteiger partial charge in [-0.2, -0.15) is 9.78 Å². The third-order valence-electron chi connectivity index (χ3n) is 3.79. The molecule has 0 aliphatic heterocycles. The highest BCUT2D eigenvalue weighted by Crippen LogP contribution is 2.35. The molecule has 7 heteroatoms. The van der Waals surface area contributed by atoms with E-state index < -0.39 is 11.2 Å². The first-order valence-electron chi connectivity index (χ1n) is 7.27. The lowest BCUT2D eigenvalue weighted by Crippen LogP contribution is -2.02. The topological polar surface area (TPSA) is 94.2 Å². The summed E-state index contributed by atoms with van der Waals surface area (Å²) in [5.41, 5.74) is 2.70. The average molecular weight is 343 g/mol. The number of phenolic OH excluding ortho intramolecular Hbond substituents is 1. The highest BCUT2D eigenvalue weighted by atomic mass is 32.2. The number of hydrogen-bond donors (Lipinski definition) is 2. The number of aromatic hydroxyl groups is 2. The minimum absolute atomic E-state index is 0.0320. The molecule has 3 rings (SSSR count). The third-order valence-corrected chi connectivity index (χ3v) is 4.70. The Labute approximate surface area is 142 Å². The first-order chi connectivity index (χ1) is 11.4. The molecular formula is C17H17N3O3S. The van der Waals surface area contributed by atoms with E-state index in [4.69, 9.17) is 0 Å². The summed E-state index contributed by atoms with van der Waals surface area (Å²) < 4.78 is 12.8.